The zero-order chi connectivity index (χ0) is 10.1. The summed E-state index contributed by atoms with van der Waals surface area (Å²) in [5.74, 6) is 0.110. The van der Waals surface area contributed by atoms with E-state index in [9.17, 15) is 4.79 Å². The van der Waals surface area contributed by atoms with Gasteiger partial charge in [-0.15, -0.1) is 11.3 Å². The molecule has 2 aromatic rings. The molecular weight excluding hydrogens is 268 g/mol. The highest BCUT2D eigenvalue weighted by Gasteiger charge is 2.05. The predicted molar refractivity (Wildman–Crippen MR) is 57.5 cm³/mol. The number of aromatic hydroxyl groups is 1. The van der Waals surface area contributed by atoms with E-state index in [0.717, 1.165) is 15.4 Å². The van der Waals surface area contributed by atoms with Crippen molar-refractivity contribution < 1.29 is 5.11 Å². The van der Waals surface area contributed by atoms with E-state index in [2.05, 4.69) is 25.9 Å². The van der Waals surface area contributed by atoms with Crippen LogP contribution in [0.1, 0.15) is 0 Å². The second kappa shape index (κ2) is 3.55. The normalized spacial score (nSPS) is 10.4. The van der Waals surface area contributed by atoms with E-state index >= 15 is 0 Å². The number of H-pyrrole nitrogens is 1. The molecule has 0 amide bonds. The minimum absolute atomic E-state index is 0.270. The van der Waals surface area contributed by atoms with Gasteiger partial charge in [0, 0.05) is 9.85 Å². The number of aromatic nitrogens is 2. The smallest absolute Gasteiger partial charge is 0.254 e. The summed E-state index contributed by atoms with van der Waals surface area (Å²) >= 11 is 4.72. The maximum Gasteiger partial charge on any atom is 0.254 e. The molecule has 0 saturated carbocycles. The molecule has 6 heteroatoms. The molecule has 2 aromatic heterocycles. The fourth-order valence-electron chi connectivity index (χ4n) is 0.999. The van der Waals surface area contributed by atoms with Crippen molar-refractivity contribution in [2.45, 2.75) is 0 Å². The molecule has 0 spiro atoms. The van der Waals surface area contributed by atoms with Crippen LogP contribution in [0, 0.1) is 0 Å². The second-order valence-corrected chi connectivity index (χ2v) is 4.41. The summed E-state index contributed by atoms with van der Waals surface area (Å²) < 4.78 is 0.920. The molecule has 2 rings (SSSR count). The minimum atomic E-state index is -0.364. The Morgan fingerprint density at radius 1 is 1.50 bits per heavy atom. The maximum atomic E-state index is 11.0. The quantitative estimate of drug-likeness (QED) is 0.834. The largest absolute Gasteiger partial charge is 0.493 e. The van der Waals surface area contributed by atoms with Gasteiger partial charge in [-0.2, -0.15) is 4.98 Å². The Bertz CT molecular complexity index is 520. The summed E-state index contributed by atoms with van der Waals surface area (Å²) in [6, 6.07) is 2.86. The number of nitrogens with zero attached hydrogens (tertiary/aromatic N) is 1. The first-order chi connectivity index (χ1) is 6.65. The standard InChI is InChI=1S/C8H5BrN2O2S/c9-4-1-5(14-3-4)8-10-6(12)2-7(13)11-8/h1-3H,(H2,10,11,12,13). The van der Waals surface area contributed by atoms with Crippen LogP contribution in [0.15, 0.2) is 26.8 Å². The van der Waals surface area contributed by atoms with Gasteiger partial charge in [0.25, 0.3) is 5.56 Å². The Hall–Kier alpha value is -1.14. The van der Waals surface area contributed by atoms with Gasteiger partial charge in [-0.1, -0.05) is 0 Å². The Morgan fingerprint density at radius 3 is 2.86 bits per heavy atom. The average Bonchev–Trinajstić information content (AvgIpc) is 2.50. The van der Waals surface area contributed by atoms with Crippen LogP contribution in [0.2, 0.25) is 0 Å². The Labute approximate surface area is 91.4 Å². The summed E-state index contributed by atoms with van der Waals surface area (Å²) in [7, 11) is 0. The van der Waals surface area contributed by atoms with Crippen molar-refractivity contribution in [3.63, 3.8) is 0 Å². The molecule has 0 saturated heterocycles. The molecule has 0 unspecified atom stereocenters. The third-order valence-corrected chi connectivity index (χ3v) is 3.23. The highest BCUT2D eigenvalue weighted by molar-refractivity contribution is 9.10. The van der Waals surface area contributed by atoms with Crippen LogP contribution in [0.3, 0.4) is 0 Å². The molecule has 72 valence electrons. The summed E-state index contributed by atoms with van der Waals surface area (Å²) in [5, 5.41) is 11.0. The average molecular weight is 273 g/mol. The predicted octanol–water partition coefficient (Wildman–Crippen LogP) is 1.97. The van der Waals surface area contributed by atoms with Crippen LogP contribution in [-0.2, 0) is 0 Å². The van der Waals surface area contributed by atoms with Gasteiger partial charge in [0.05, 0.1) is 10.9 Å². The molecule has 0 aliphatic carbocycles. The van der Waals surface area contributed by atoms with E-state index in [1.165, 1.54) is 11.3 Å². The van der Waals surface area contributed by atoms with Crippen LogP contribution >= 0.6 is 27.3 Å². The first-order valence-corrected chi connectivity index (χ1v) is 5.37. The van der Waals surface area contributed by atoms with Crippen LogP contribution < -0.4 is 5.56 Å². The third kappa shape index (κ3) is 1.85. The maximum absolute atomic E-state index is 11.0. The molecule has 0 aliphatic rings. The van der Waals surface area contributed by atoms with Crippen molar-refractivity contribution in [2.24, 2.45) is 0 Å². The van der Waals surface area contributed by atoms with Gasteiger partial charge in [0.2, 0.25) is 5.88 Å². The van der Waals surface area contributed by atoms with Gasteiger partial charge in [-0.05, 0) is 22.0 Å². The second-order valence-electron chi connectivity index (χ2n) is 2.58. The SMILES string of the molecule is O=c1cc(O)nc(-c2cc(Br)cs2)[nH]1. The number of thiophene rings is 1. The lowest BCUT2D eigenvalue weighted by molar-refractivity contribution is 0.452. The lowest BCUT2D eigenvalue weighted by Crippen LogP contribution is -2.05. The Balaban J connectivity index is 2.56. The third-order valence-electron chi connectivity index (χ3n) is 1.53. The van der Waals surface area contributed by atoms with Crippen molar-refractivity contribution in [1.29, 1.82) is 0 Å². The summed E-state index contributed by atoms with van der Waals surface area (Å²) in [5.41, 5.74) is -0.364. The van der Waals surface area contributed by atoms with E-state index in [0.29, 0.717) is 5.82 Å². The van der Waals surface area contributed by atoms with E-state index in [1.807, 2.05) is 11.4 Å². The van der Waals surface area contributed by atoms with E-state index in [1.54, 1.807) is 0 Å². The van der Waals surface area contributed by atoms with E-state index < -0.39 is 0 Å². The number of hydrogen-bond donors (Lipinski definition) is 2. The molecule has 2 N–H and O–H groups in total. The van der Waals surface area contributed by atoms with Gasteiger partial charge < -0.3 is 10.1 Å². The molecule has 0 fully saturated rings. The van der Waals surface area contributed by atoms with Crippen molar-refractivity contribution >= 4 is 27.3 Å². The van der Waals surface area contributed by atoms with Crippen molar-refractivity contribution in [2.75, 3.05) is 0 Å². The highest BCUT2D eigenvalue weighted by Crippen LogP contribution is 2.27. The monoisotopic (exact) mass is 272 g/mol. The molecular formula is C8H5BrN2O2S. The molecule has 14 heavy (non-hydrogen) atoms. The van der Waals surface area contributed by atoms with Gasteiger partial charge in [0.1, 0.15) is 0 Å². The molecule has 2 heterocycles. The molecule has 4 nitrogen and oxygen atoms in total. The van der Waals surface area contributed by atoms with Gasteiger partial charge in [0.15, 0.2) is 5.82 Å². The lowest BCUT2D eigenvalue weighted by atomic mass is 10.4. The summed E-state index contributed by atoms with van der Waals surface area (Å²) in [6.45, 7) is 0. The van der Waals surface area contributed by atoms with Gasteiger partial charge in [-0.3, -0.25) is 4.79 Å². The topological polar surface area (TPSA) is 66.0 Å². The first kappa shape index (κ1) is 9.42. The fraction of sp³-hybridized carbons (Fsp3) is 0. The van der Waals surface area contributed by atoms with Gasteiger partial charge in [-0.25, -0.2) is 0 Å². The van der Waals surface area contributed by atoms with Crippen molar-refractivity contribution in [1.82, 2.24) is 9.97 Å². The first-order valence-electron chi connectivity index (χ1n) is 3.70. The molecule has 0 bridgehead atoms. The zero-order valence-electron chi connectivity index (χ0n) is 6.82. The molecule has 0 radical (unpaired) electrons. The number of hydrogen-bond acceptors (Lipinski definition) is 4. The van der Waals surface area contributed by atoms with E-state index in [4.69, 9.17) is 5.11 Å². The lowest BCUT2D eigenvalue weighted by Gasteiger charge is -1.95. The molecule has 0 aliphatic heterocycles. The number of halogens is 1. The van der Waals surface area contributed by atoms with Crippen molar-refractivity contribution in [3.8, 4) is 16.6 Å². The minimum Gasteiger partial charge on any atom is -0.493 e. The Morgan fingerprint density at radius 2 is 2.29 bits per heavy atom. The van der Waals surface area contributed by atoms with Crippen LogP contribution in [0.25, 0.3) is 10.7 Å². The van der Waals surface area contributed by atoms with Crippen molar-refractivity contribution in [3.05, 3.63) is 32.3 Å². The molecule has 0 aromatic carbocycles. The van der Waals surface area contributed by atoms with Crippen LogP contribution in [-0.4, -0.2) is 15.1 Å². The summed E-state index contributed by atoms with van der Waals surface area (Å²) in [4.78, 5) is 18.2. The zero-order valence-corrected chi connectivity index (χ0v) is 9.22. The fourth-order valence-corrected chi connectivity index (χ4v) is 2.37. The molecule has 0 atom stereocenters. The highest BCUT2D eigenvalue weighted by atomic mass is 79.9. The Kier molecular flexibility index (Phi) is 2.39. The van der Waals surface area contributed by atoms with Gasteiger partial charge >= 0.3 is 0 Å². The van der Waals surface area contributed by atoms with Crippen LogP contribution in [0.5, 0.6) is 5.88 Å². The number of rotatable bonds is 1. The number of nitrogens with one attached hydrogen (secondary N) is 1. The van der Waals surface area contributed by atoms with Crippen LogP contribution in [0.4, 0.5) is 0 Å². The number of aromatic amines is 1. The summed E-state index contributed by atoms with van der Waals surface area (Å²) in [6.07, 6.45) is 0. The van der Waals surface area contributed by atoms with E-state index in [-0.39, 0.29) is 11.4 Å².